The van der Waals surface area contributed by atoms with Crippen LogP contribution in [-0.4, -0.2) is 33.7 Å². The number of nitrogens with two attached hydrogens (primary N) is 1. The molecule has 2 aromatic rings. The number of hydroxylamine groups is 1. The van der Waals surface area contributed by atoms with Crippen LogP contribution in [0, 0.1) is 23.7 Å². The van der Waals surface area contributed by atoms with Gasteiger partial charge in [0.25, 0.3) is 11.8 Å². The minimum Gasteiger partial charge on any atom is -0.507 e. The number of aryl methyl sites for hydroxylation is 1. The molecule has 1 aromatic heterocycles. The summed E-state index contributed by atoms with van der Waals surface area (Å²) in [5, 5.41) is 21.4. The van der Waals surface area contributed by atoms with Crippen molar-refractivity contribution >= 4 is 11.8 Å². The Bertz CT molecular complexity index is 1060. The Morgan fingerprint density at radius 2 is 1.90 bits per heavy atom. The first kappa shape index (κ1) is 22.6. The molecule has 0 spiro atoms. The van der Waals surface area contributed by atoms with Crippen molar-refractivity contribution in [1.29, 1.82) is 0 Å². The maximum atomic E-state index is 12.4. The maximum Gasteiger partial charge on any atom is 0.267 e. The topological polar surface area (TPSA) is 138 Å². The van der Waals surface area contributed by atoms with E-state index in [1.165, 1.54) is 37.5 Å². The molecule has 1 unspecified atom stereocenters. The van der Waals surface area contributed by atoms with E-state index in [1.54, 1.807) is 6.07 Å². The normalized spacial score (nSPS) is 11.4. The third-order valence-electron chi connectivity index (χ3n) is 4.10. The lowest BCUT2D eigenvalue weighted by Crippen LogP contribution is -2.61. The number of phenols is 1. The van der Waals surface area contributed by atoms with Gasteiger partial charge in [-0.2, -0.15) is 0 Å². The molecule has 30 heavy (non-hydrogen) atoms. The summed E-state index contributed by atoms with van der Waals surface area (Å²) in [6, 6.07) is 6.58. The number of carbonyl (C=O) groups is 2. The van der Waals surface area contributed by atoms with Crippen molar-refractivity contribution in [2.75, 3.05) is 0 Å². The number of carbonyl (C=O) groups excluding carboxylic acids is 2. The standard InChI is InChI=1S/C22H23N3O5/c1-4-15-10-11-16(30-15)8-6-5-7-14-9-12-17(18(26)13-14)20(27)24-19(21(28)25-29)22(2,3)23/h9-13,19,26,29H,4,23H2,1-3H3,(H,24,27)(H,25,28). The van der Waals surface area contributed by atoms with Gasteiger partial charge in [0.05, 0.1) is 5.56 Å². The van der Waals surface area contributed by atoms with Crippen LogP contribution in [0.4, 0.5) is 0 Å². The Morgan fingerprint density at radius 3 is 2.47 bits per heavy atom. The van der Waals surface area contributed by atoms with Crippen molar-refractivity contribution < 1.29 is 24.3 Å². The highest BCUT2D eigenvalue weighted by Gasteiger charge is 2.33. The average Bonchev–Trinajstić information content (AvgIpc) is 3.16. The smallest absolute Gasteiger partial charge is 0.267 e. The third-order valence-corrected chi connectivity index (χ3v) is 4.10. The number of nitrogens with one attached hydrogen (secondary N) is 2. The summed E-state index contributed by atoms with van der Waals surface area (Å²) in [6.07, 6.45) is 0.779. The monoisotopic (exact) mass is 409 g/mol. The second kappa shape index (κ2) is 9.66. The summed E-state index contributed by atoms with van der Waals surface area (Å²) in [5.74, 6) is 10.3. The maximum absolute atomic E-state index is 12.4. The summed E-state index contributed by atoms with van der Waals surface area (Å²) < 4.78 is 5.45. The van der Waals surface area contributed by atoms with Crippen LogP contribution in [0.25, 0.3) is 0 Å². The molecule has 1 aromatic carbocycles. The Labute approximate surface area is 174 Å². The summed E-state index contributed by atoms with van der Waals surface area (Å²) in [4.78, 5) is 24.2. The zero-order chi connectivity index (χ0) is 22.3. The van der Waals surface area contributed by atoms with Crippen LogP contribution in [0.15, 0.2) is 34.7 Å². The van der Waals surface area contributed by atoms with Gasteiger partial charge in [0.1, 0.15) is 17.6 Å². The molecule has 2 amide bonds. The number of aromatic hydroxyl groups is 1. The van der Waals surface area contributed by atoms with Gasteiger partial charge < -0.3 is 20.6 Å². The summed E-state index contributed by atoms with van der Waals surface area (Å²) in [5.41, 5.74) is 6.55. The minimum atomic E-state index is -1.22. The van der Waals surface area contributed by atoms with Gasteiger partial charge in [-0.15, -0.1) is 0 Å². The quantitative estimate of drug-likeness (QED) is 0.287. The number of phenolic OH excluding ortho intramolecular Hbond substituents is 1. The highest BCUT2D eigenvalue weighted by Crippen LogP contribution is 2.19. The molecule has 0 aliphatic rings. The van der Waals surface area contributed by atoms with E-state index in [0.29, 0.717) is 11.3 Å². The highest BCUT2D eigenvalue weighted by atomic mass is 16.5. The second-order valence-corrected chi connectivity index (χ2v) is 7.06. The van der Waals surface area contributed by atoms with Crippen LogP contribution in [0.2, 0.25) is 0 Å². The van der Waals surface area contributed by atoms with Gasteiger partial charge in [-0.1, -0.05) is 12.8 Å². The number of furan rings is 1. The Balaban J connectivity index is 2.13. The third kappa shape index (κ3) is 5.89. The summed E-state index contributed by atoms with van der Waals surface area (Å²) in [7, 11) is 0. The average molecular weight is 409 g/mol. The number of hydrogen-bond acceptors (Lipinski definition) is 6. The van der Waals surface area contributed by atoms with E-state index in [1.807, 2.05) is 13.0 Å². The fourth-order valence-electron chi connectivity index (χ4n) is 2.50. The Hall–Kier alpha value is -3.72. The van der Waals surface area contributed by atoms with E-state index in [2.05, 4.69) is 29.0 Å². The zero-order valence-electron chi connectivity index (χ0n) is 16.9. The van der Waals surface area contributed by atoms with E-state index in [0.717, 1.165) is 12.2 Å². The molecule has 0 fully saturated rings. The molecule has 1 heterocycles. The van der Waals surface area contributed by atoms with Gasteiger partial charge in [-0.05, 0) is 61.9 Å². The van der Waals surface area contributed by atoms with Gasteiger partial charge in [0.15, 0.2) is 5.76 Å². The molecule has 0 saturated carbocycles. The second-order valence-electron chi connectivity index (χ2n) is 7.06. The summed E-state index contributed by atoms with van der Waals surface area (Å²) >= 11 is 0. The van der Waals surface area contributed by atoms with Crippen molar-refractivity contribution in [2.24, 2.45) is 5.73 Å². The van der Waals surface area contributed by atoms with Gasteiger partial charge >= 0.3 is 0 Å². The van der Waals surface area contributed by atoms with Crippen molar-refractivity contribution in [3.8, 4) is 29.4 Å². The van der Waals surface area contributed by atoms with E-state index >= 15 is 0 Å². The van der Waals surface area contributed by atoms with Gasteiger partial charge in [-0.3, -0.25) is 14.8 Å². The summed E-state index contributed by atoms with van der Waals surface area (Å²) in [6.45, 7) is 5.00. The van der Waals surface area contributed by atoms with Crippen molar-refractivity contribution in [3.05, 3.63) is 53.0 Å². The molecule has 0 aliphatic carbocycles. The molecule has 1 atom stereocenters. The molecular weight excluding hydrogens is 386 g/mol. The highest BCUT2D eigenvalue weighted by molar-refractivity contribution is 6.00. The van der Waals surface area contributed by atoms with Crippen LogP contribution in [-0.2, 0) is 11.2 Å². The molecule has 156 valence electrons. The molecule has 0 saturated heterocycles. The Kier molecular flexibility index (Phi) is 7.27. The van der Waals surface area contributed by atoms with Crippen molar-refractivity contribution in [2.45, 2.75) is 38.8 Å². The predicted octanol–water partition coefficient (Wildman–Crippen LogP) is 1.29. The van der Waals surface area contributed by atoms with Crippen LogP contribution < -0.4 is 16.5 Å². The van der Waals surface area contributed by atoms with Crippen LogP contribution in [0.1, 0.15) is 48.2 Å². The van der Waals surface area contributed by atoms with Crippen molar-refractivity contribution in [3.63, 3.8) is 0 Å². The van der Waals surface area contributed by atoms with E-state index < -0.39 is 23.4 Å². The van der Waals surface area contributed by atoms with Gasteiger partial charge in [0, 0.05) is 17.5 Å². The lowest BCUT2D eigenvalue weighted by Gasteiger charge is -2.29. The molecule has 2 rings (SSSR count). The molecule has 0 bridgehead atoms. The molecule has 8 heteroatoms. The SMILES string of the molecule is CCc1ccc(C#CC#Cc2ccc(C(=O)NC(C(=O)NO)C(C)(C)N)c(O)c2)o1. The lowest BCUT2D eigenvalue weighted by atomic mass is 9.95. The zero-order valence-corrected chi connectivity index (χ0v) is 16.9. The van der Waals surface area contributed by atoms with Crippen molar-refractivity contribution in [1.82, 2.24) is 10.8 Å². The molecule has 6 N–H and O–H groups in total. The Morgan fingerprint density at radius 1 is 1.20 bits per heavy atom. The first-order valence-electron chi connectivity index (χ1n) is 9.13. The van der Waals surface area contributed by atoms with Crippen LogP contribution >= 0.6 is 0 Å². The number of benzene rings is 1. The van der Waals surface area contributed by atoms with E-state index in [-0.39, 0.29) is 11.3 Å². The largest absolute Gasteiger partial charge is 0.507 e. The number of hydrogen-bond donors (Lipinski definition) is 5. The fraction of sp³-hybridized carbons (Fsp3) is 0.273. The van der Waals surface area contributed by atoms with E-state index in [4.69, 9.17) is 15.4 Å². The molecule has 8 nitrogen and oxygen atoms in total. The molecule has 0 radical (unpaired) electrons. The predicted molar refractivity (Wildman–Crippen MR) is 109 cm³/mol. The van der Waals surface area contributed by atoms with E-state index in [9.17, 15) is 14.7 Å². The minimum absolute atomic E-state index is 0.0747. The fourth-order valence-corrected chi connectivity index (χ4v) is 2.50. The lowest BCUT2D eigenvalue weighted by molar-refractivity contribution is -0.132. The molecule has 0 aliphatic heterocycles. The first-order chi connectivity index (χ1) is 14.2. The molecular formula is C22H23N3O5. The van der Waals surface area contributed by atoms with Crippen LogP contribution in [0.5, 0.6) is 5.75 Å². The first-order valence-corrected chi connectivity index (χ1v) is 9.13. The number of rotatable bonds is 5. The van der Waals surface area contributed by atoms with Gasteiger partial charge in [-0.25, -0.2) is 5.48 Å². The van der Waals surface area contributed by atoms with Gasteiger partial charge in [0.2, 0.25) is 0 Å². The number of amides is 2. The van der Waals surface area contributed by atoms with Crippen LogP contribution in [0.3, 0.4) is 0 Å².